The van der Waals surface area contributed by atoms with Crippen LogP contribution >= 0.6 is 11.6 Å². The Kier molecular flexibility index (Phi) is 5.40. The second-order valence-electron chi connectivity index (χ2n) is 7.02. The number of anilines is 1. The number of halogens is 1. The van der Waals surface area contributed by atoms with Crippen molar-refractivity contribution in [3.05, 3.63) is 63.6 Å². The molecule has 4 rings (SSSR count). The molecular formula is C19H20ClN7O3. The maximum atomic E-state index is 12.7. The zero-order valence-corrected chi connectivity index (χ0v) is 17.0. The number of hydrogen-bond acceptors (Lipinski definition) is 6. The average Bonchev–Trinajstić information content (AvgIpc) is 3.18. The number of nitro benzene ring substituents is 1. The van der Waals surface area contributed by atoms with Gasteiger partial charge in [0.25, 0.3) is 5.69 Å². The molecule has 0 radical (unpaired) electrons. The van der Waals surface area contributed by atoms with Gasteiger partial charge in [-0.1, -0.05) is 17.7 Å². The van der Waals surface area contributed by atoms with Gasteiger partial charge in [0.15, 0.2) is 11.5 Å². The number of nitrogens with zero attached hydrogens (tertiary/aromatic N) is 6. The van der Waals surface area contributed by atoms with Gasteiger partial charge >= 0.3 is 6.03 Å². The Morgan fingerprint density at radius 3 is 2.70 bits per heavy atom. The molecule has 1 saturated heterocycles. The van der Waals surface area contributed by atoms with E-state index in [1.54, 1.807) is 17.0 Å². The predicted octanol–water partition coefficient (Wildman–Crippen LogP) is 2.88. The van der Waals surface area contributed by atoms with E-state index in [1.807, 2.05) is 40.6 Å². The molecule has 3 heterocycles. The van der Waals surface area contributed by atoms with Gasteiger partial charge in [0, 0.05) is 43.5 Å². The van der Waals surface area contributed by atoms with Crippen LogP contribution in [0.2, 0.25) is 5.02 Å². The Balaban J connectivity index is 1.40. The van der Waals surface area contributed by atoms with Crippen molar-refractivity contribution in [2.75, 3.05) is 31.1 Å². The summed E-state index contributed by atoms with van der Waals surface area (Å²) in [4.78, 5) is 27.2. The first-order valence-electron chi connectivity index (χ1n) is 9.48. The van der Waals surface area contributed by atoms with E-state index >= 15 is 0 Å². The van der Waals surface area contributed by atoms with Crippen LogP contribution in [0.5, 0.6) is 0 Å². The molecule has 0 aliphatic carbocycles. The van der Waals surface area contributed by atoms with Crippen LogP contribution in [-0.2, 0) is 0 Å². The predicted molar refractivity (Wildman–Crippen MR) is 112 cm³/mol. The first-order chi connectivity index (χ1) is 14.4. The number of rotatable bonds is 4. The van der Waals surface area contributed by atoms with E-state index in [2.05, 4.69) is 15.5 Å². The second-order valence-corrected chi connectivity index (χ2v) is 7.46. The molecule has 11 heteroatoms. The highest BCUT2D eigenvalue weighted by Gasteiger charge is 2.27. The molecule has 1 fully saturated rings. The Hall–Kier alpha value is -3.40. The minimum Gasteiger partial charge on any atom is -0.362 e. The molecule has 0 spiro atoms. The number of carbonyl (C=O) groups excluding carboxylic acids is 1. The van der Waals surface area contributed by atoms with Gasteiger partial charge in [0.1, 0.15) is 5.69 Å². The SMILES string of the molecule is C[C@H](NC(=O)N1CCN(c2ccc(Cl)cc2[N+](=O)[O-])CC1)c1nnc2ccccn12. The van der Waals surface area contributed by atoms with Gasteiger partial charge in [-0.2, -0.15) is 0 Å². The minimum atomic E-state index is -0.440. The lowest BCUT2D eigenvalue weighted by atomic mass is 10.2. The third-order valence-corrected chi connectivity index (χ3v) is 5.34. The number of aromatic nitrogens is 3. The summed E-state index contributed by atoms with van der Waals surface area (Å²) in [5, 5.41) is 22.9. The summed E-state index contributed by atoms with van der Waals surface area (Å²) >= 11 is 5.90. The normalized spacial score (nSPS) is 15.3. The van der Waals surface area contributed by atoms with Gasteiger partial charge in [-0.3, -0.25) is 14.5 Å². The maximum Gasteiger partial charge on any atom is 0.318 e. The lowest BCUT2D eigenvalue weighted by Gasteiger charge is -2.36. The Morgan fingerprint density at radius 1 is 1.20 bits per heavy atom. The van der Waals surface area contributed by atoms with Crippen LogP contribution in [0, 0.1) is 10.1 Å². The summed E-state index contributed by atoms with van der Waals surface area (Å²) in [6.45, 7) is 3.71. The smallest absolute Gasteiger partial charge is 0.318 e. The summed E-state index contributed by atoms with van der Waals surface area (Å²) in [5.41, 5.74) is 1.19. The molecule has 2 aromatic heterocycles. The lowest BCUT2D eigenvalue weighted by molar-refractivity contribution is -0.384. The number of nitrogens with one attached hydrogen (secondary N) is 1. The third kappa shape index (κ3) is 3.86. The van der Waals surface area contributed by atoms with Crippen molar-refractivity contribution in [3.8, 4) is 0 Å². The molecule has 1 aliphatic heterocycles. The van der Waals surface area contributed by atoms with Crippen LogP contribution in [0.4, 0.5) is 16.2 Å². The zero-order valence-electron chi connectivity index (χ0n) is 16.2. The van der Waals surface area contributed by atoms with Crippen molar-refractivity contribution in [2.24, 2.45) is 0 Å². The van der Waals surface area contributed by atoms with Gasteiger partial charge in [0.2, 0.25) is 0 Å². The maximum absolute atomic E-state index is 12.7. The number of urea groups is 1. The van der Waals surface area contributed by atoms with E-state index in [-0.39, 0.29) is 17.8 Å². The molecule has 156 valence electrons. The summed E-state index contributed by atoms with van der Waals surface area (Å²) in [7, 11) is 0. The summed E-state index contributed by atoms with van der Waals surface area (Å²) < 4.78 is 1.84. The Labute approximate surface area is 177 Å². The Morgan fingerprint density at radius 2 is 1.97 bits per heavy atom. The molecule has 1 N–H and O–H groups in total. The van der Waals surface area contributed by atoms with E-state index < -0.39 is 4.92 Å². The van der Waals surface area contributed by atoms with Gasteiger partial charge in [-0.25, -0.2) is 4.79 Å². The van der Waals surface area contributed by atoms with Crippen LogP contribution in [-0.4, -0.2) is 56.6 Å². The summed E-state index contributed by atoms with van der Waals surface area (Å²) in [6, 6.07) is 9.69. The average molecular weight is 430 g/mol. The van der Waals surface area contributed by atoms with Crippen LogP contribution in [0.25, 0.3) is 5.65 Å². The van der Waals surface area contributed by atoms with Crippen LogP contribution in [0.15, 0.2) is 42.6 Å². The summed E-state index contributed by atoms with van der Waals surface area (Å²) in [5.74, 6) is 0.648. The standard InChI is InChI=1S/C19H20ClN7O3/c1-13(18-23-22-17-4-2-3-7-26(17)18)21-19(28)25-10-8-24(9-11-25)15-6-5-14(20)12-16(15)27(29)30/h2-7,12-13H,8-11H2,1H3,(H,21,28)/t13-/m0/s1. The zero-order chi connectivity index (χ0) is 21.3. The van der Waals surface area contributed by atoms with E-state index in [4.69, 9.17) is 11.6 Å². The second kappa shape index (κ2) is 8.15. The third-order valence-electron chi connectivity index (χ3n) is 5.11. The number of carbonyl (C=O) groups is 1. The highest BCUT2D eigenvalue weighted by Crippen LogP contribution is 2.31. The van der Waals surface area contributed by atoms with Crippen molar-refractivity contribution in [3.63, 3.8) is 0 Å². The molecular weight excluding hydrogens is 410 g/mol. The molecule has 30 heavy (non-hydrogen) atoms. The number of benzene rings is 1. The van der Waals surface area contributed by atoms with Crippen LogP contribution in [0.3, 0.4) is 0 Å². The number of piperazine rings is 1. The fourth-order valence-corrected chi connectivity index (χ4v) is 3.72. The number of amides is 2. The molecule has 0 saturated carbocycles. The van der Waals surface area contributed by atoms with Crippen molar-refractivity contribution >= 4 is 34.7 Å². The van der Waals surface area contributed by atoms with E-state index in [0.29, 0.717) is 48.4 Å². The number of hydrogen-bond donors (Lipinski definition) is 1. The topological polar surface area (TPSA) is 109 Å². The van der Waals surface area contributed by atoms with Crippen molar-refractivity contribution in [2.45, 2.75) is 13.0 Å². The van der Waals surface area contributed by atoms with Gasteiger partial charge in [-0.15, -0.1) is 10.2 Å². The molecule has 0 unspecified atom stereocenters. The van der Waals surface area contributed by atoms with E-state index in [0.717, 1.165) is 0 Å². The fourth-order valence-electron chi connectivity index (χ4n) is 3.56. The lowest BCUT2D eigenvalue weighted by Crippen LogP contribution is -2.52. The van der Waals surface area contributed by atoms with E-state index in [1.165, 1.54) is 6.07 Å². The first-order valence-corrected chi connectivity index (χ1v) is 9.86. The Bertz CT molecular complexity index is 1090. The quantitative estimate of drug-likeness (QED) is 0.504. The number of nitro groups is 1. The van der Waals surface area contributed by atoms with Gasteiger partial charge < -0.3 is 15.1 Å². The monoisotopic (exact) mass is 429 g/mol. The largest absolute Gasteiger partial charge is 0.362 e. The van der Waals surface area contributed by atoms with Crippen molar-refractivity contribution in [1.82, 2.24) is 24.8 Å². The highest BCUT2D eigenvalue weighted by molar-refractivity contribution is 6.30. The fraction of sp³-hybridized carbons (Fsp3) is 0.316. The molecule has 3 aromatic rings. The van der Waals surface area contributed by atoms with Crippen LogP contribution < -0.4 is 10.2 Å². The van der Waals surface area contributed by atoms with Crippen molar-refractivity contribution in [1.29, 1.82) is 0 Å². The molecule has 2 amide bonds. The number of pyridine rings is 1. The molecule has 1 aromatic carbocycles. The number of fused-ring (bicyclic) bond motifs is 1. The summed E-state index contributed by atoms with van der Waals surface area (Å²) in [6.07, 6.45) is 1.85. The molecule has 10 nitrogen and oxygen atoms in total. The van der Waals surface area contributed by atoms with E-state index in [9.17, 15) is 14.9 Å². The highest BCUT2D eigenvalue weighted by atomic mass is 35.5. The van der Waals surface area contributed by atoms with Crippen LogP contribution in [0.1, 0.15) is 18.8 Å². The molecule has 1 aliphatic rings. The molecule has 0 bridgehead atoms. The van der Waals surface area contributed by atoms with Crippen molar-refractivity contribution < 1.29 is 9.72 Å². The van der Waals surface area contributed by atoms with Gasteiger partial charge in [0.05, 0.1) is 11.0 Å². The minimum absolute atomic E-state index is 0.0345. The first kappa shape index (κ1) is 19.9. The molecule has 1 atom stereocenters. The van der Waals surface area contributed by atoms with Gasteiger partial charge in [-0.05, 0) is 31.2 Å².